The van der Waals surface area contributed by atoms with Gasteiger partial charge in [-0.2, -0.15) is 0 Å². The lowest BCUT2D eigenvalue weighted by Gasteiger charge is -1.99. The Balaban J connectivity index is 2.19. The molecule has 16 heavy (non-hydrogen) atoms. The molecule has 0 radical (unpaired) electrons. The highest BCUT2D eigenvalue weighted by molar-refractivity contribution is 5.66. The molecule has 0 saturated carbocycles. The smallest absolute Gasteiger partial charge is 0.406 e. The molecular formula is C11H15N3O2. The number of imidazole rings is 1. The summed E-state index contributed by atoms with van der Waals surface area (Å²) in [5, 5.41) is 2.36. The fourth-order valence-corrected chi connectivity index (χ4v) is 1.05. The molecule has 1 amide bonds. The molecule has 5 heteroatoms. The summed E-state index contributed by atoms with van der Waals surface area (Å²) in [5.41, 5.74) is 1.08. The fraction of sp³-hybridized carbons (Fsp3) is 0.455. The molecule has 0 aliphatic rings. The molecule has 0 atom stereocenters. The van der Waals surface area contributed by atoms with Crippen molar-refractivity contribution in [2.24, 2.45) is 0 Å². The number of amides is 1. The fourth-order valence-electron chi connectivity index (χ4n) is 1.05. The monoisotopic (exact) mass is 221 g/mol. The van der Waals surface area contributed by atoms with Gasteiger partial charge < -0.3 is 14.6 Å². The van der Waals surface area contributed by atoms with E-state index in [1.54, 1.807) is 12.5 Å². The standard InChI is InChI=1S/C11H15N3O2/c1-10-8-13-9-14(10)6-4-3-5-7-16-11(15)12-2/h8-9H,5-7H2,1-2H3,(H,12,15). The molecule has 0 aliphatic heterocycles. The maximum atomic E-state index is 10.7. The summed E-state index contributed by atoms with van der Waals surface area (Å²) in [7, 11) is 1.52. The Kier molecular flexibility index (Phi) is 4.93. The van der Waals surface area contributed by atoms with Crippen molar-refractivity contribution in [3.05, 3.63) is 18.2 Å². The van der Waals surface area contributed by atoms with Gasteiger partial charge in [0.1, 0.15) is 6.61 Å². The zero-order chi connectivity index (χ0) is 11.8. The third-order valence-electron chi connectivity index (χ3n) is 1.96. The lowest BCUT2D eigenvalue weighted by molar-refractivity contribution is 0.151. The maximum Gasteiger partial charge on any atom is 0.406 e. The molecule has 0 saturated heterocycles. The zero-order valence-electron chi connectivity index (χ0n) is 9.49. The molecule has 0 fully saturated rings. The number of nitrogens with one attached hydrogen (secondary N) is 1. The van der Waals surface area contributed by atoms with Gasteiger partial charge in [-0.3, -0.25) is 0 Å². The van der Waals surface area contributed by atoms with Gasteiger partial charge in [0.15, 0.2) is 0 Å². The first-order valence-electron chi connectivity index (χ1n) is 5.01. The van der Waals surface area contributed by atoms with Crippen LogP contribution < -0.4 is 5.32 Å². The van der Waals surface area contributed by atoms with Gasteiger partial charge in [-0.15, -0.1) is 0 Å². The number of carbonyl (C=O) groups excluding carboxylic acids is 1. The normalized spacial score (nSPS) is 9.12. The van der Waals surface area contributed by atoms with Gasteiger partial charge in [-0.25, -0.2) is 9.78 Å². The maximum absolute atomic E-state index is 10.7. The number of rotatable bonds is 3. The van der Waals surface area contributed by atoms with Crippen molar-refractivity contribution in [2.45, 2.75) is 19.9 Å². The quantitative estimate of drug-likeness (QED) is 0.610. The average molecular weight is 221 g/mol. The van der Waals surface area contributed by atoms with Crippen LogP contribution in [0.2, 0.25) is 0 Å². The predicted molar refractivity (Wildman–Crippen MR) is 59.8 cm³/mol. The number of aryl methyl sites for hydroxylation is 1. The van der Waals surface area contributed by atoms with Gasteiger partial charge >= 0.3 is 6.09 Å². The van der Waals surface area contributed by atoms with E-state index in [4.69, 9.17) is 4.74 Å². The van der Waals surface area contributed by atoms with E-state index in [2.05, 4.69) is 22.1 Å². The van der Waals surface area contributed by atoms with Gasteiger partial charge in [-0.1, -0.05) is 11.8 Å². The summed E-state index contributed by atoms with van der Waals surface area (Å²) in [6.07, 6.45) is 3.65. The third kappa shape index (κ3) is 4.05. The van der Waals surface area contributed by atoms with Gasteiger partial charge in [0.2, 0.25) is 0 Å². The Morgan fingerprint density at radius 2 is 2.44 bits per heavy atom. The van der Waals surface area contributed by atoms with Crippen LogP contribution in [0.5, 0.6) is 0 Å². The van der Waals surface area contributed by atoms with E-state index in [0.29, 0.717) is 19.6 Å². The minimum atomic E-state index is -0.424. The van der Waals surface area contributed by atoms with Crippen LogP contribution in [-0.2, 0) is 11.3 Å². The Labute approximate surface area is 94.8 Å². The SMILES string of the molecule is CNC(=O)OCCC#CCn1cncc1C. The number of alkyl carbamates (subject to hydrolysis) is 1. The number of carbonyl (C=O) groups is 1. The van der Waals surface area contributed by atoms with Crippen molar-refractivity contribution in [2.75, 3.05) is 13.7 Å². The Bertz CT molecular complexity index is 401. The van der Waals surface area contributed by atoms with E-state index < -0.39 is 6.09 Å². The molecule has 86 valence electrons. The summed E-state index contributed by atoms with van der Waals surface area (Å²) in [6, 6.07) is 0. The van der Waals surface area contributed by atoms with Crippen LogP contribution in [0.15, 0.2) is 12.5 Å². The van der Waals surface area contributed by atoms with E-state index >= 15 is 0 Å². The number of nitrogens with zero attached hydrogens (tertiary/aromatic N) is 2. The van der Waals surface area contributed by atoms with E-state index in [9.17, 15) is 4.79 Å². The number of hydrogen-bond donors (Lipinski definition) is 1. The van der Waals surface area contributed by atoms with Crippen molar-refractivity contribution >= 4 is 6.09 Å². The molecule has 5 nitrogen and oxygen atoms in total. The van der Waals surface area contributed by atoms with Crippen molar-refractivity contribution < 1.29 is 9.53 Å². The highest BCUT2D eigenvalue weighted by Gasteiger charge is 1.94. The first-order valence-corrected chi connectivity index (χ1v) is 5.01. The van der Waals surface area contributed by atoms with Gasteiger partial charge in [0.05, 0.1) is 12.9 Å². The molecule has 1 aromatic rings. The average Bonchev–Trinajstić information content (AvgIpc) is 2.69. The summed E-state index contributed by atoms with van der Waals surface area (Å²) in [4.78, 5) is 14.7. The lowest BCUT2D eigenvalue weighted by Crippen LogP contribution is -2.19. The van der Waals surface area contributed by atoms with E-state index in [0.717, 1.165) is 5.69 Å². The first-order chi connectivity index (χ1) is 7.74. The van der Waals surface area contributed by atoms with Crippen LogP contribution in [0.3, 0.4) is 0 Å². The Morgan fingerprint density at radius 3 is 3.06 bits per heavy atom. The highest BCUT2D eigenvalue weighted by Crippen LogP contribution is 1.94. The van der Waals surface area contributed by atoms with E-state index in [-0.39, 0.29) is 0 Å². The van der Waals surface area contributed by atoms with Crippen LogP contribution in [0.1, 0.15) is 12.1 Å². The van der Waals surface area contributed by atoms with Crippen molar-refractivity contribution in [1.82, 2.24) is 14.9 Å². The predicted octanol–water partition coefficient (Wildman–Crippen LogP) is 0.941. The summed E-state index contributed by atoms with van der Waals surface area (Å²) in [6.45, 7) is 2.91. The number of ether oxygens (including phenoxy) is 1. The van der Waals surface area contributed by atoms with Gasteiger partial charge in [0.25, 0.3) is 0 Å². The zero-order valence-corrected chi connectivity index (χ0v) is 9.49. The van der Waals surface area contributed by atoms with Crippen LogP contribution in [0.25, 0.3) is 0 Å². The van der Waals surface area contributed by atoms with Crippen LogP contribution in [-0.4, -0.2) is 29.3 Å². The summed E-state index contributed by atoms with van der Waals surface area (Å²) < 4.78 is 6.73. The Hall–Kier alpha value is -1.96. The van der Waals surface area contributed by atoms with Gasteiger partial charge in [-0.05, 0) is 6.92 Å². The van der Waals surface area contributed by atoms with Crippen molar-refractivity contribution in [3.63, 3.8) is 0 Å². The lowest BCUT2D eigenvalue weighted by atomic mass is 10.4. The molecule has 0 spiro atoms. The minimum absolute atomic E-state index is 0.315. The molecule has 0 unspecified atom stereocenters. The molecule has 1 aromatic heterocycles. The second kappa shape index (κ2) is 6.51. The van der Waals surface area contributed by atoms with E-state index in [1.807, 2.05) is 11.5 Å². The Morgan fingerprint density at radius 1 is 1.62 bits per heavy atom. The topological polar surface area (TPSA) is 56.1 Å². The van der Waals surface area contributed by atoms with Crippen molar-refractivity contribution in [1.29, 1.82) is 0 Å². The largest absolute Gasteiger partial charge is 0.449 e. The van der Waals surface area contributed by atoms with Crippen LogP contribution in [0.4, 0.5) is 4.79 Å². The number of hydrogen-bond acceptors (Lipinski definition) is 3. The molecule has 1 rings (SSSR count). The molecule has 0 aromatic carbocycles. The molecular weight excluding hydrogens is 206 g/mol. The summed E-state index contributed by atoms with van der Waals surface area (Å²) in [5.74, 6) is 5.91. The third-order valence-corrected chi connectivity index (χ3v) is 1.96. The van der Waals surface area contributed by atoms with E-state index in [1.165, 1.54) is 7.05 Å². The number of aromatic nitrogens is 2. The first kappa shape index (κ1) is 12.1. The highest BCUT2D eigenvalue weighted by atomic mass is 16.5. The van der Waals surface area contributed by atoms with Crippen molar-refractivity contribution in [3.8, 4) is 11.8 Å². The molecule has 0 aliphatic carbocycles. The second-order valence-corrected chi connectivity index (χ2v) is 3.15. The molecule has 0 bridgehead atoms. The van der Waals surface area contributed by atoms with Crippen LogP contribution in [0, 0.1) is 18.8 Å². The second-order valence-electron chi connectivity index (χ2n) is 3.15. The molecule has 1 N–H and O–H groups in total. The van der Waals surface area contributed by atoms with Crippen LogP contribution >= 0.6 is 0 Å². The molecule has 1 heterocycles. The summed E-state index contributed by atoms with van der Waals surface area (Å²) >= 11 is 0. The van der Waals surface area contributed by atoms with Gasteiger partial charge in [0, 0.05) is 25.4 Å². The minimum Gasteiger partial charge on any atom is -0.449 e.